The van der Waals surface area contributed by atoms with Crippen molar-refractivity contribution in [2.75, 3.05) is 20.2 Å². The molecule has 0 radical (unpaired) electrons. The summed E-state index contributed by atoms with van der Waals surface area (Å²) in [6, 6.07) is 19.7. The van der Waals surface area contributed by atoms with Gasteiger partial charge in [0.1, 0.15) is 11.9 Å². The molecular formula is C27H29FN2O3. The highest BCUT2D eigenvalue weighted by molar-refractivity contribution is 6.07. The summed E-state index contributed by atoms with van der Waals surface area (Å²) in [4.78, 5) is 27.9. The molecule has 1 saturated heterocycles. The largest absolute Gasteiger partial charge is 0.375 e. The Bertz CT molecular complexity index is 1140. The lowest BCUT2D eigenvalue weighted by Gasteiger charge is -2.33. The van der Waals surface area contributed by atoms with Crippen LogP contribution in [0.5, 0.6) is 0 Å². The number of nitrogens with one attached hydrogen (secondary N) is 1. The molecule has 0 aliphatic carbocycles. The minimum Gasteiger partial charge on any atom is -0.375 e. The van der Waals surface area contributed by atoms with Crippen LogP contribution in [0.2, 0.25) is 0 Å². The first-order valence-corrected chi connectivity index (χ1v) is 11.3. The summed E-state index contributed by atoms with van der Waals surface area (Å²) in [6.45, 7) is 2.86. The van der Waals surface area contributed by atoms with Gasteiger partial charge >= 0.3 is 0 Å². The van der Waals surface area contributed by atoms with E-state index in [1.54, 1.807) is 18.2 Å². The molecule has 0 bridgehead atoms. The van der Waals surface area contributed by atoms with E-state index in [1.165, 1.54) is 13.2 Å². The number of hydrogen-bond acceptors (Lipinski definition) is 3. The zero-order valence-corrected chi connectivity index (χ0v) is 19.0. The van der Waals surface area contributed by atoms with Crippen LogP contribution in [0.4, 0.5) is 4.39 Å². The molecule has 2 amide bonds. The number of carbonyl (C=O) groups excluding carboxylic acids is 2. The van der Waals surface area contributed by atoms with Gasteiger partial charge in [0.05, 0.1) is 6.04 Å². The van der Waals surface area contributed by atoms with E-state index >= 15 is 0 Å². The first-order valence-electron chi connectivity index (χ1n) is 11.3. The van der Waals surface area contributed by atoms with E-state index in [4.69, 9.17) is 4.74 Å². The molecule has 1 aliphatic rings. The van der Waals surface area contributed by atoms with Gasteiger partial charge in [-0.2, -0.15) is 0 Å². The van der Waals surface area contributed by atoms with Crippen molar-refractivity contribution in [2.45, 2.75) is 31.9 Å². The van der Waals surface area contributed by atoms with Crippen molar-refractivity contribution in [1.82, 2.24) is 10.2 Å². The standard InChI is InChI=1S/C27H29FN2O3/c1-18(25(33-2)23-11-5-6-13-24(23)28)29-26(31)20-14-16-30(17-15-20)27(32)22-12-7-9-19-8-3-4-10-21(19)22/h3-13,18,20,25H,14-17H2,1-2H3,(H,29,31). The maximum absolute atomic E-state index is 14.2. The summed E-state index contributed by atoms with van der Waals surface area (Å²) in [5.41, 5.74) is 1.11. The Balaban J connectivity index is 1.37. The average molecular weight is 449 g/mol. The van der Waals surface area contributed by atoms with E-state index in [-0.39, 0.29) is 23.5 Å². The summed E-state index contributed by atoms with van der Waals surface area (Å²) in [5, 5.41) is 4.97. The maximum atomic E-state index is 14.2. The number of methoxy groups -OCH3 is 1. The van der Waals surface area contributed by atoms with E-state index in [0.717, 1.165) is 10.8 Å². The Labute approximate surface area is 193 Å². The number of ether oxygens (including phenoxy) is 1. The summed E-state index contributed by atoms with van der Waals surface area (Å²) in [7, 11) is 1.51. The monoisotopic (exact) mass is 448 g/mol. The van der Waals surface area contributed by atoms with E-state index in [0.29, 0.717) is 37.1 Å². The van der Waals surface area contributed by atoms with Gasteiger partial charge in [0.25, 0.3) is 5.91 Å². The molecule has 1 fully saturated rings. The Morgan fingerprint density at radius 2 is 1.67 bits per heavy atom. The second kappa shape index (κ2) is 10.1. The number of carbonyl (C=O) groups is 2. The third kappa shape index (κ3) is 4.91. The molecule has 1 aliphatic heterocycles. The van der Waals surface area contributed by atoms with Crippen molar-refractivity contribution in [3.8, 4) is 0 Å². The number of likely N-dealkylation sites (tertiary alicyclic amines) is 1. The van der Waals surface area contributed by atoms with E-state index in [9.17, 15) is 14.0 Å². The molecular weight excluding hydrogens is 419 g/mol. The fraction of sp³-hybridized carbons (Fsp3) is 0.333. The molecule has 33 heavy (non-hydrogen) atoms. The average Bonchev–Trinajstić information content (AvgIpc) is 2.85. The number of piperidine rings is 1. The Kier molecular flexibility index (Phi) is 7.04. The van der Waals surface area contributed by atoms with E-state index < -0.39 is 12.1 Å². The predicted octanol–water partition coefficient (Wildman–Crippen LogP) is 4.72. The van der Waals surface area contributed by atoms with Crippen LogP contribution in [0, 0.1) is 11.7 Å². The number of halogens is 1. The zero-order chi connectivity index (χ0) is 23.4. The molecule has 1 heterocycles. The second-order valence-corrected chi connectivity index (χ2v) is 8.57. The van der Waals surface area contributed by atoms with E-state index in [1.807, 2.05) is 54.3 Å². The van der Waals surface area contributed by atoms with Crippen molar-refractivity contribution < 1.29 is 18.7 Å². The third-order valence-electron chi connectivity index (χ3n) is 6.46. The van der Waals surface area contributed by atoms with Crippen LogP contribution in [0.15, 0.2) is 66.7 Å². The fourth-order valence-electron chi connectivity index (χ4n) is 4.65. The van der Waals surface area contributed by atoms with Crippen molar-refractivity contribution in [3.05, 3.63) is 83.7 Å². The van der Waals surface area contributed by atoms with Gasteiger partial charge < -0.3 is 15.0 Å². The molecule has 4 rings (SSSR count). The normalized spacial score (nSPS) is 16.4. The first-order chi connectivity index (χ1) is 16.0. The topological polar surface area (TPSA) is 58.6 Å². The second-order valence-electron chi connectivity index (χ2n) is 8.57. The van der Waals surface area contributed by atoms with Crippen molar-refractivity contribution in [1.29, 1.82) is 0 Å². The van der Waals surface area contributed by atoms with Gasteiger partial charge in [-0.25, -0.2) is 4.39 Å². The van der Waals surface area contributed by atoms with Crippen LogP contribution in [0.25, 0.3) is 10.8 Å². The third-order valence-corrected chi connectivity index (χ3v) is 6.46. The number of fused-ring (bicyclic) bond motifs is 1. The number of rotatable bonds is 6. The van der Waals surface area contributed by atoms with Gasteiger partial charge in [0, 0.05) is 37.2 Å². The number of hydrogen-bond donors (Lipinski definition) is 1. The molecule has 6 heteroatoms. The number of amides is 2. The molecule has 3 aromatic carbocycles. The first kappa shape index (κ1) is 22.9. The van der Waals surface area contributed by atoms with Crippen LogP contribution in [0.3, 0.4) is 0 Å². The van der Waals surface area contributed by atoms with Crippen LogP contribution in [-0.4, -0.2) is 43.0 Å². The number of benzene rings is 3. The van der Waals surface area contributed by atoms with Gasteiger partial charge in [0.15, 0.2) is 0 Å². The van der Waals surface area contributed by atoms with Crippen LogP contribution in [-0.2, 0) is 9.53 Å². The van der Waals surface area contributed by atoms with Gasteiger partial charge in [-0.3, -0.25) is 9.59 Å². The van der Waals surface area contributed by atoms with Crippen molar-refractivity contribution in [2.24, 2.45) is 5.92 Å². The predicted molar refractivity (Wildman–Crippen MR) is 126 cm³/mol. The quantitative estimate of drug-likeness (QED) is 0.594. The molecule has 0 spiro atoms. The molecule has 2 unspecified atom stereocenters. The minimum atomic E-state index is -0.580. The van der Waals surface area contributed by atoms with Crippen LogP contribution >= 0.6 is 0 Å². The Morgan fingerprint density at radius 3 is 2.39 bits per heavy atom. The lowest BCUT2D eigenvalue weighted by atomic mass is 9.94. The molecule has 172 valence electrons. The Morgan fingerprint density at radius 1 is 1.00 bits per heavy atom. The lowest BCUT2D eigenvalue weighted by Crippen LogP contribution is -2.46. The highest BCUT2D eigenvalue weighted by Gasteiger charge is 2.31. The summed E-state index contributed by atoms with van der Waals surface area (Å²) < 4.78 is 19.7. The minimum absolute atomic E-state index is 0.00183. The van der Waals surface area contributed by atoms with Gasteiger partial charge in [0.2, 0.25) is 5.91 Å². The van der Waals surface area contributed by atoms with Crippen molar-refractivity contribution in [3.63, 3.8) is 0 Å². The molecule has 1 N–H and O–H groups in total. The maximum Gasteiger partial charge on any atom is 0.254 e. The highest BCUT2D eigenvalue weighted by Crippen LogP contribution is 2.26. The van der Waals surface area contributed by atoms with Gasteiger partial charge in [-0.1, -0.05) is 54.6 Å². The molecule has 3 aromatic rings. The smallest absolute Gasteiger partial charge is 0.254 e. The highest BCUT2D eigenvalue weighted by atomic mass is 19.1. The molecule has 5 nitrogen and oxygen atoms in total. The lowest BCUT2D eigenvalue weighted by molar-refractivity contribution is -0.128. The molecule has 0 saturated carbocycles. The fourth-order valence-corrected chi connectivity index (χ4v) is 4.65. The Hall–Kier alpha value is -3.25. The van der Waals surface area contributed by atoms with Gasteiger partial charge in [-0.15, -0.1) is 0 Å². The van der Waals surface area contributed by atoms with Crippen LogP contribution in [0.1, 0.15) is 41.8 Å². The van der Waals surface area contributed by atoms with E-state index in [2.05, 4.69) is 5.32 Å². The summed E-state index contributed by atoms with van der Waals surface area (Å²) in [5.74, 6) is -0.635. The molecule has 2 atom stereocenters. The number of nitrogens with zero attached hydrogens (tertiary/aromatic N) is 1. The van der Waals surface area contributed by atoms with Gasteiger partial charge in [-0.05, 0) is 42.7 Å². The van der Waals surface area contributed by atoms with Crippen molar-refractivity contribution >= 4 is 22.6 Å². The summed E-state index contributed by atoms with van der Waals surface area (Å²) >= 11 is 0. The SMILES string of the molecule is COC(c1ccccc1F)C(C)NC(=O)C1CCN(C(=O)c2cccc3ccccc23)CC1. The van der Waals surface area contributed by atoms with Crippen LogP contribution < -0.4 is 5.32 Å². The zero-order valence-electron chi connectivity index (χ0n) is 19.0. The molecule has 0 aromatic heterocycles. The summed E-state index contributed by atoms with van der Waals surface area (Å²) in [6.07, 6.45) is 0.599.